The molecule has 4 nitrogen and oxygen atoms in total. The van der Waals surface area contributed by atoms with Gasteiger partial charge in [-0.05, 0) is 115 Å². The van der Waals surface area contributed by atoms with Crippen molar-refractivity contribution in [2.24, 2.45) is 5.41 Å². The molecular weight excluding hydrogens is 492 g/mol. The van der Waals surface area contributed by atoms with E-state index in [1.807, 2.05) is 71.5 Å². The Labute approximate surface area is 235 Å². The molecule has 1 aromatic rings. The Hall–Kier alpha value is -2.11. The van der Waals surface area contributed by atoms with E-state index in [-0.39, 0.29) is 11.8 Å². The predicted molar refractivity (Wildman–Crippen MR) is 160 cm³/mol. The topological polar surface area (TPSA) is 52.6 Å². The molecule has 2 atom stereocenters. The minimum Gasteiger partial charge on any atom is -0.456 e. The number of methoxy groups -OCH3 is 1. The van der Waals surface area contributed by atoms with E-state index in [2.05, 4.69) is 27.7 Å². The van der Waals surface area contributed by atoms with Crippen LogP contribution in [0.15, 0.2) is 51.5 Å². The summed E-state index contributed by atoms with van der Waals surface area (Å²) in [5.74, 6) is 0.733. The summed E-state index contributed by atoms with van der Waals surface area (Å²) < 4.78 is 11.6. The quantitative estimate of drug-likeness (QED) is 0.0923. The first-order valence-electron chi connectivity index (χ1n) is 13.8. The first-order valence-corrected chi connectivity index (χ1v) is 14.8. The summed E-state index contributed by atoms with van der Waals surface area (Å²) in [6.45, 7) is 19.9. The second-order valence-electron chi connectivity index (χ2n) is 11.8. The number of ketones is 1. The Kier molecular flexibility index (Phi) is 11.2. The highest BCUT2D eigenvalue weighted by Gasteiger charge is 2.43. The highest BCUT2D eigenvalue weighted by molar-refractivity contribution is 7.99. The summed E-state index contributed by atoms with van der Waals surface area (Å²) in [7, 11) is 1.65. The fourth-order valence-corrected chi connectivity index (χ4v) is 6.44. The van der Waals surface area contributed by atoms with Gasteiger partial charge < -0.3 is 9.47 Å². The number of benzene rings is 1. The molecule has 1 aliphatic rings. The van der Waals surface area contributed by atoms with Crippen LogP contribution >= 0.6 is 11.8 Å². The fraction of sp³-hybridized carbons (Fsp3) is 0.576. The average molecular weight is 541 g/mol. The Morgan fingerprint density at radius 2 is 1.63 bits per heavy atom. The van der Waals surface area contributed by atoms with Crippen molar-refractivity contribution in [3.8, 4) is 0 Å². The number of allylic oxidation sites excluding steroid dienone is 1. The Balaban J connectivity index is 2.32. The van der Waals surface area contributed by atoms with E-state index >= 15 is 0 Å². The van der Waals surface area contributed by atoms with E-state index < -0.39 is 17.1 Å². The third-order valence-electron chi connectivity index (χ3n) is 7.49. The monoisotopic (exact) mass is 540 g/mol. The van der Waals surface area contributed by atoms with Gasteiger partial charge in [0, 0.05) is 23.0 Å². The maximum absolute atomic E-state index is 13.3. The molecule has 0 heterocycles. The van der Waals surface area contributed by atoms with Gasteiger partial charge in [0.05, 0.1) is 11.7 Å². The molecule has 1 aliphatic carbocycles. The molecule has 2 unspecified atom stereocenters. The lowest BCUT2D eigenvalue weighted by Gasteiger charge is -2.42. The molecule has 2 rings (SSSR count). The summed E-state index contributed by atoms with van der Waals surface area (Å²) >= 11 is 1.89. The number of carbonyl (C=O) groups excluding carboxylic acids is 2. The van der Waals surface area contributed by atoms with Crippen molar-refractivity contribution in [2.45, 2.75) is 112 Å². The van der Waals surface area contributed by atoms with Crippen LogP contribution in [0.5, 0.6) is 0 Å². The molecule has 1 aromatic carbocycles. The first kappa shape index (κ1) is 32.1. The molecule has 0 spiro atoms. The summed E-state index contributed by atoms with van der Waals surface area (Å²) in [4.78, 5) is 27.7. The normalized spacial score (nSPS) is 20.4. The second-order valence-corrected chi connectivity index (χ2v) is 12.9. The molecular formula is C33H48O4S. The molecule has 0 saturated heterocycles. The van der Waals surface area contributed by atoms with Crippen LogP contribution in [0.1, 0.15) is 103 Å². The number of unbranched alkanes of at least 4 members (excludes halogenated alkanes) is 3. The van der Waals surface area contributed by atoms with Gasteiger partial charge in [0.15, 0.2) is 5.78 Å². The van der Waals surface area contributed by atoms with Crippen molar-refractivity contribution in [1.29, 1.82) is 0 Å². The van der Waals surface area contributed by atoms with Crippen LogP contribution in [0.25, 0.3) is 0 Å². The van der Waals surface area contributed by atoms with E-state index in [0.29, 0.717) is 11.1 Å². The van der Waals surface area contributed by atoms with Crippen molar-refractivity contribution in [3.05, 3.63) is 63.3 Å². The van der Waals surface area contributed by atoms with Crippen LogP contribution in [0.2, 0.25) is 0 Å². The number of rotatable bonds is 11. The molecule has 0 radical (unpaired) electrons. The van der Waals surface area contributed by atoms with E-state index in [1.165, 1.54) is 30.6 Å². The van der Waals surface area contributed by atoms with Gasteiger partial charge in [-0.25, -0.2) is 4.79 Å². The molecule has 0 saturated carbocycles. The number of thioether (sulfide) groups is 1. The standard InChI is InChI=1S/C33H48O4S/c1-12-13-14-15-18-38-29-21(2)19-26(20-22(29)3)27(34)16-17-33(10)25(6)23(4)28(24(5)30(33)36-11)31(35)37-32(7,8)9/h16-17,19-20,30H,12-15,18H2,1-11H3. The van der Waals surface area contributed by atoms with Gasteiger partial charge in [0.2, 0.25) is 0 Å². The zero-order valence-corrected chi connectivity index (χ0v) is 26.3. The first-order chi connectivity index (χ1) is 17.7. The molecule has 0 bridgehead atoms. The summed E-state index contributed by atoms with van der Waals surface area (Å²) in [6.07, 6.45) is 8.23. The third-order valence-corrected chi connectivity index (χ3v) is 8.91. The highest BCUT2D eigenvalue weighted by atomic mass is 32.2. The lowest BCUT2D eigenvalue weighted by Crippen LogP contribution is -2.40. The average Bonchev–Trinajstić information content (AvgIpc) is 2.81. The lowest BCUT2D eigenvalue weighted by molar-refractivity contribution is -0.149. The molecule has 0 fully saturated rings. The lowest BCUT2D eigenvalue weighted by atomic mass is 9.67. The van der Waals surface area contributed by atoms with E-state index in [0.717, 1.165) is 33.6 Å². The van der Waals surface area contributed by atoms with Gasteiger partial charge in [0.25, 0.3) is 0 Å². The van der Waals surface area contributed by atoms with Gasteiger partial charge in [-0.3, -0.25) is 4.79 Å². The van der Waals surface area contributed by atoms with Gasteiger partial charge in [-0.1, -0.05) is 37.8 Å². The second kappa shape index (κ2) is 13.3. The zero-order valence-electron chi connectivity index (χ0n) is 25.5. The van der Waals surface area contributed by atoms with Gasteiger partial charge in [-0.2, -0.15) is 0 Å². The van der Waals surface area contributed by atoms with Crippen LogP contribution < -0.4 is 0 Å². The smallest absolute Gasteiger partial charge is 0.338 e. The Bertz CT molecular complexity index is 1110. The molecule has 210 valence electrons. The van der Waals surface area contributed by atoms with Crippen LogP contribution in [-0.4, -0.2) is 36.3 Å². The number of aryl methyl sites for hydroxylation is 2. The van der Waals surface area contributed by atoms with Crippen molar-refractivity contribution in [2.75, 3.05) is 12.9 Å². The highest BCUT2D eigenvalue weighted by Crippen LogP contribution is 2.46. The molecule has 38 heavy (non-hydrogen) atoms. The minimum atomic E-state index is -0.590. The van der Waals surface area contributed by atoms with Crippen molar-refractivity contribution < 1.29 is 19.1 Å². The molecule has 0 aromatic heterocycles. The number of ether oxygens (including phenoxy) is 2. The third kappa shape index (κ3) is 7.51. The van der Waals surface area contributed by atoms with Crippen LogP contribution in [0.3, 0.4) is 0 Å². The summed E-state index contributed by atoms with van der Waals surface area (Å²) in [5.41, 5.74) is 5.06. The Morgan fingerprint density at radius 3 is 2.16 bits per heavy atom. The summed E-state index contributed by atoms with van der Waals surface area (Å²) in [5, 5.41) is 0. The number of hydrogen-bond acceptors (Lipinski definition) is 5. The molecule has 5 heteroatoms. The minimum absolute atomic E-state index is 0.0307. The van der Waals surface area contributed by atoms with Gasteiger partial charge in [-0.15, -0.1) is 11.8 Å². The molecule has 0 aliphatic heterocycles. The van der Waals surface area contributed by atoms with Crippen molar-refractivity contribution in [1.82, 2.24) is 0 Å². The molecule has 0 amide bonds. The van der Waals surface area contributed by atoms with Crippen molar-refractivity contribution in [3.63, 3.8) is 0 Å². The SMILES string of the molecule is CCCCCCSc1c(C)cc(C(=O)C=CC2(C)C(C)=C(C)C(C(=O)OC(C)(C)C)=C(C)C2OC)cc1C. The van der Waals surface area contributed by atoms with E-state index in [4.69, 9.17) is 9.47 Å². The van der Waals surface area contributed by atoms with E-state index in [9.17, 15) is 9.59 Å². The van der Waals surface area contributed by atoms with Crippen LogP contribution in [0, 0.1) is 19.3 Å². The van der Waals surface area contributed by atoms with Crippen LogP contribution in [0.4, 0.5) is 0 Å². The number of carbonyl (C=O) groups is 2. The molecule has 0 N–H and O–H groups in total. The van der Waals surface area contributed by atoms with Gasteiger partial charge in [0.1, 0.15) is 5.60 Å². The van der Waals surface area contributed by atoms with E-state index in [1.54, 1.807) is 13.2 Å². The Morgan fingerprint density at radius 1 is 1.03 bits per heavy atom. The van der Waals surface area contributed by atoms with Crippen LogP contribution in [-0.2, 0) is 14.3 Å². The largest absolute Gasteiger partial charge is 0.456 e. The number of hydrogen-bond donors (Lipinski definition) is 0. The maximum atomic E-state index is 13.3. The van der Waals surface area contributed by atoms with Gasteiger partial charge >= 0.3 is 5.97 Å². The predicted octanol–water partition coefficient (Wildman–Crippen LogP) is 8.74. The maximum Gasteiger partial charge on any atom is 0.338 e. The van der Waals surface area contributed by atoms with Crippen molar-refractivity contribution >= 4 is 23.5 Å². The number of esters is 1. The fourth-order valence-electron chi connectivity index (χ4n) is 5.31. The summed E-state index contributed by atoms with van der Waals surface area (Å²) in [6, 6.07) is 4.01. The zero-order chi connectivity index (χ0) is 28.8.